The normalized spacial score (nSPS) is 14.4. The average Bonchev–Trinajstić information content (AvgIpc) is 2.80. The summed E-state index contributed by atoms with van der Waals surface area (Å²) in [6.45, 7) is 2.72. The van der Waals surface area contributed by atoms with Gasteiger partial charge in [-0.05, 0) is 37.3 Å². The van der Waals surface area contributed by atoms with Crippen molar-refractivity contribution >= 4 is 45.0 Å². The first kappa shape index (κ1) is 24.8. The van der Waals surface area contributed by atoms with E-state index in [1.165, 1.54) is 28.6 Å². The van der Waals surface area contributed by atoms with E-state index in [4.69, 9.17) is 25.8 Å². The SMILES string of the molecule is CCOC(=O)Nc1cccc(OCC(=O)Nc2cc(S(=O)(=O)N3CCOCC3)ccc2Cl)c1. The van der Waals surface area contributed by atoms with Gasteiger partial charge in [0.25, 0.3) is 5.91 Å². The molecule has 0 bridgehead atoms. The first-order valence-corrected chi connectivity index (χ1v) is 12.0. The molecule has 1 aliphatic rings. The molecule has 10 nitrogen and oxygen atoms in total. The Hall–Kier alpha value is -2.86. The Morgan fingerprint density at radius 1 is 1.12 bits per heavy atom. The number of rotatable bonds is 8. The van der Waals surface area contributed by atoms with Gasteiger partial charge in [-0.15, -0.1) is 0 Å². The van der Waals surface area contributed by atoms with Crippen molar-refractivity contribution < 1.29 is 32.2 Å². The minimum atomic E-state index is -3.74. The van der Waals surface area contributed by atoms with Crippen LogP contribution in [0.15, 0.2) is 47.4 Å². The zero-order chi connectivity index (χ0) is 23.8. The van der Waals surface area contributed by atoms with Crippen molar-refractivity contribution in [1.82, 2.24) is 4.31 Å². The Kier molecular flexibility index (Phi) is 8.50. The Morgan fingerprint density at radius 2 is 1.88 bits per heavy atom. The third kappa shape index (κ3) is 6.81. The number of morpholine rings is 1. The molecular weight excluding hydrogens is 474 g/mol. The summed E-state index contributed by atoms with van der Waals surface area (Å²) >= 11 is 6.15. The van der Waals surface area contributed by atoms with Gasteiger partial charge in [0.05, 0.1) is 35.4 Å². The quantitative estimate of drug-likeness (QED) is 0.574. The predicted octanol–water partition coefficient (Wildman–Crippen LogP) is 2.95. The maximum Gasteiger partial charge on any atom is 0.411 e. The monoisotopic (exact) mass is 497 g/mol. The molecular formula is C21H24ClN3O7S. The second-order valence-corrected chi connectivity index (χ2v) is 9.21. The largest absolute Gasteiger partial charge is 0.484 e. The Bertz CT molecular complexity index is 1100. The van der Waals surface area contributed by atoms with Gasteiger partial charge in [0.15, 0.2) is 6.61 Å². The topological polar surface area (TPSA) is 123 Å². The van der Waals surface area contributed by atoms with Crippen molar-refractivity contribution in [2.75, 3.05) is 50.2 Å². The maximum atomic E-state index is 12.8. The number of amides is 2. The van der Waals surface area contributed by atoms with Crippen LogP contribution in [0, 0.1) is 0 Å². The summed E-state index contributed by atoms with van der Waals surface area (Å²) in [4.78, 5) is 23.9. The van der Waals surface area contributed by atoms with Crippen LogP contribution in [0.1, 0.15) is 6.92 Å². The van der Waals surface area contributed by atoms with Crippen molar-refractivity contribution in [3.8, 4) is 5.75 Å². The molecule has 12 heteroatoms. The molecule has 2 aromatic carbocycles. The van der Waals surface area contributed by atoms with Crippen molar-refractivity contribution in [2.45, 2.75) is 11.8 Å². The van der Waals surface area contributed by atoms with Crippen LogP contribution in [0.4, 0.5) is 16.2 Å². The minimum absolute atomic E-state index is 0.0164. The van der Waals surface area contributed by atoms with Gasteiger partial charge in [-0.3, -0.25) is 10.1 Å². The molecule has 33 heavy (non-hydrogen) atoms. The highest BCUT2D eigenvalue weighted by Crippen LogP contribution is 2.27. The molecule has 3 rings (SSSR count). The van der Waals surface area contributed by atoms with Gasteiger partial charge < -0.3 is 19.5 Å². The Balaban J connectivity index is 1.63. The number of carbonyl (C=O) groups is 2. The van der Waals surface area contributed by atoms with E-state index in [2.05, 4.69) is 10.6 Å². The molecule has 178 valence electrons. The molecule has 1 fully saturated rings. The van der Waals surface area contributed by atoms with Gasteiger partial charge >= 0.3 is 6.09 Å². The highest BCUT2D eigenvalue weighted by atomic mass is 35.5. The van der Waals surface area contributed by atoms with Crippen molar-refractivity contribution in [2.24, 2.45) is 0 Å². The van der Waals surface area contributed by atoms with Crippen molar-refractivity contribution in [3.05, 3.63) is 47.5 Å². The smallest absolute Gasteiger partial charge is 0.411 e. The van der Waals surface area contributed by atoms with Gasteiger partial charge in [0.1, 0.15) is 5.75 Å². The number of benzene rings is 2. The van der Waals surface area contributed by atoms with Gasteiger partial charge in [0, 0.05) is 24.8 Å². The molecule has 0 aromatic heterocycles. The number of ether oxygens (including phenoxy) is 3. The summed E-state index contributed by atoms with van der Waals surface area (Å²) in [5.41, 5.74) is 0.591. The van der Waals surface area contributed by atoms with Crippen LogP contribution >= 0.6 is 11.6 Å². The molecule has 0 spiro atoms. The second kappa shape index (κ2) is 11.3. The lowest BCUT2D eigenvalue weighted by molar-refractivity contribution is -0.118. The highest BCUT2D eigenvalue weighted by Gasteiger charge is 2.27. The highest BCUT2D eigenvalue weighted by molar-refractivity contribution is 7.89. The molecule has 0 saturated carbocycles. The van der Waals surface area contributed by atoms with Gasteiger partial charge in [0.2, 0.25) is 10.0 Å². The first-order valence-electron chi connectivity index (χ1n) is 10.1. The van der Waals surface area contributed by atoms with E-state index >= 15 is 0 Å². The van der Waals surface area contributed by atoms with E-state index < -0.39 is 22.0 Å². The lowest BCUT2D eigenvalue weighted by Crippen LogP contribution is -2.40. The standard InChI is InChI=1S/C21H24ClN3O7S/c1-2-31-21(27)23-15-4-3-5-16(12-15)32-14-20(26)24-19-13-17(6-7-18(19)22)33(28,29)25-8-10-30-11-9-25/h3-7,12-13H,2,8-11,14H2,1H3,(H,23,27)(H,24,26). The van der Waals surface area contributed by atoms with Crippen molar-refractivity contribution in [1.29, 1.82) is 0 Å². The van der Waals surface area contributed by atoms with Crippen LogP contribution in [0.2, 0.25) is 5.02 Å². The third-order valence-electron chi connectivity index (χ3n) is 4.55. The summed E-state index contributed by atoms with van der Waals surface area (Å²) < 4.78 is 42.5. The maximum absolute atomic E-state index is 12.8. The number of carbonyl (C=O) groups excluding carboxylic acids is 2. The molecule has 1 aliphatic heterocycles. The van der Waals surface area contributed by atoms with E-state index in [0.717, 1.165) is 0 Å². The van der Waals surface area contributed by atoms with E-state index in [1.807, 2.05) is 0 Å². The lowest BCUT2D eigenvalue weighted by atomic mass is 10.3. The fraction of sp³-hybridized carbons (Fsp3) is 0.333. The summed E-state index contributed by atoms with van der Waals surface area (Å²) in [5, 5.41) is 5.29. The second-order valence-electron chi connectivity index (χ2n) is 6.87. The number of nitrogens with one attached hydrogen (secondary N) is 2. The van der Waals surface area contributed by atoms with Crippen LogP contribution in [0.25, 0.3) is 0 Å². The fourth-order valence-electron chi connectivity index (χ4n) is 2.98. The summed E-state index contributed by atoms with van der Waals surface area (Å²) in [5.74, 6) is -0.198. The molecule has 2 N–H and O–H groups in total. The van der Waals surface area contributed by atoms with Gasteiger partial charge in [-0.25, -0.2) is 13.2 Å². The number of nitrogens with zero attached hydrogens (tertiary/aromatic N) is 1. The van der Waals surface area contributed by atoms with Crippen LogP contribution < -0.4 is 15.4 Å². The van der Waals surface area contributed by atoms with Crippen LogP contribution in [0.3, 0.4) is 0 Å². The number of hydrogen-bond donors (Lipinski definition) is 2. The third-order valence-corrected chi connectivity index (χ3v) is 6.77. The van der Waals surface area contributed by atoms with Crippen molar-refractivity contribution in [3.63, 3.8) is 0 Å². The Morgan fingerprint density at radius 3 is 2.61 bits per heavy atom. The zero-order valence-electron chi connectivity index (χ0n) is 17.9. The van der Waals surface area contributed by atoms with Crippen LogP contribution in [-0.4, -0.2) is 64.2 Å². The Labute approximate surface area is 196 Å². The average molecular weight is 498 g/mol. The lowest BCUT2D eigenvalue weighted by Gasteiger charge is -2.26. The summed E-state index contributed by atoms with van der Waals surface area (Å²) in [6, 6.07) is 10.6. The van der Waals surface area contributed by atoms with E-state index in [0.29, 0.717) is 24.7 Å². The van der Waals surface area contributed by atoms with E-state index in [-0.39, 0.29) is 41.9 Å². The van der Waals surface area contributed by atoms with Gasteiger partial charge in [-0.1, -0.05) is 17.7 Å². The summed E-state index contributed by atoms with van der Waals surface area (Å²) in [6.07, 6.45) is -0.603. The minimum Gasteiger partial charge on any atom is -0.484 e. The molecule has 0 unspecified atom stereocenters. The number of sulfonamides is 1. The predicted molar refractivity (Wildman–Crippen MR) is 122 cm³/mol. The van der Waals surface area contributed by atoms with E-state index in [9.17, 15) is 18.0 Å². The van der Waals surface area contributed by atoms with E-state index in [1.54, 1.807) is 25.1 Å². The first-order chi connectivity index (χ1) is 15.8. The molecule has 2 aromatic rings. The molecule has 1 heterocycles. The van der Waals surface area contributed by atoms with Crippen LogP contribution in [-0.2, 0) is 24.3 Å². The summed E-state index contributed by atoms with van der Waals surface area (Å²) in [7, 11) is -3.74. The number of anilines is 2. The number of hydrogen-bond acceptors (Lipinski definition) is 7. The van der Waals surface area contributed by atoms with Crippen LogP contribution in [0.5, 0.6) is 5.75 Å². The number of halogens is 1. The fourth-order valence-corrected chi connectivity index (χ4v) is 4.58. The molecule has 0 radical (unpaired) electrons. The molecule has 0 atom stereocenters. The molecule has 2 amide bonds. The molecule has 0 aliphatic carbocycles. The van der Waals surface area contributed by atoms with Gasteiger partial charge in [-0.2, -0.15) is 4.31 Å². The molecule has 1 saturated heterocycles. The zero-order valence-corrected chi connectivity index (χ0v) is 19.4.